The Balaban J connectivity index is 1.52. The van der Waals surface area contributed by atoms with E-state index in [0.29, 0.717) is 45.0 Å². The molecule has 0 radical (unpaired) electrons. The van der Waals surface area contributed by atoms with E-state index in [1.165, 1.54) is 12.1 Å². The number of piperazine rings is 1. The van der Waals surface area contributed by atoms with E-state index < -0.39 is 11.7 Å². The number of anilines is 1. The molecule has 2 saturated heterocycles. The first-order chi connectivity index (χ1) is 13.2. The van der Waals surface area contributed by atoms with Gasteiger partial charge in [-0.2, -0.15) is 13.2 Å². The van der Waals surface area contributed by atoms with Crippen LogP contribution < -0.4 is 10.6 Å². The SMILES string of the molecule is NC(=O)C1CCCN(C(=O)CN2CCN(c3cccc(C(F)(F)F)c3)CC2)C1. The number of likely N-dealkylation sites (tertiary alicyclic amines) is 1. The molecule has 1 aromatic rings. The number of amides is 2. The number of alkyl halides is 3. The van der Waals surface area contributed by atoms with E-state index in [2.05, 4.69) is 0 Å². The van der Waals surface area contributed by atoms with E-state index in [1.54, 1.807) is 11.0 Å². The molecule has 6 nitrogen and oxygen atoms in total. The van der Waals surface area contributed by atoms with Crippen LogP contribution in [0.1, 0.15) is 18.4 Å². The summed E-state index contributed by atoms with van der Waals surface area (Å²) < 4.78 is 38.7. The number of halogens is 3. The lowest BCUT2D eigenvalue weighted by atomic mass is 9.97. The van der Waals surface area contributed by atoms with E-state index in [-0.39, 0.29) is 24.3 Å². The Labute approximate surface area is 162 Å². The predicted octanol–water partition coefficient (Wildman–Crippen LogP) is 1.55. The molecule has 0 bridgehead atoms. The fraction of sp³-hybridized carbons (Fsp3) is 0.579. The third kappa shape index (κ3) is 4.95. The highest BCUT2D eigenvalue weighted by atomic mass is 19.4. The molecule has 2 heterocycles. The second-order valence-electron chi connectivity index (χ2n) is 7.39. The maximum absolute atomic E-state index is 12.9. The summed E-state index contributed by atoms with van der Waals surface area (Å²) in [5.41, 5.74) is 5.25. The number of carbonyl (C=O) groups is 2. The van der Waals surface area contributed by atoms with Crippen molar-refractivity contribution in [3.8, 4) is 0 Å². The van der Waals surface area contributed by atoms with Gasteiger partial charge in [0.05, 0.1) is 18.0 Å². The van der Waals surface area contributed by atoms with Gasteiger partial charge in [-0.15, -0.1) is 0 Å². The van der Waals surface area contributed by atoms with Crippen molar-refractivity contribution < 1.29 is 22.8 Å². The molecule has 0 aliphatic carbocycles. The minimum Gasteiger partial charge on any atom is -0.369 e. The van der Waals surface area contributed by atoms with Gasteiger partial charge in [-0.3, -0.25) is 14.5 Å². The number of nitrogens with two attached hydrogens (primary N) is 1. The summed E-state index contributed by atoms with van der Waals surface area (Å²) in [7, 11) is 0. The molecule has 1 atom stereocenters. The lowest BCUT2D eigenvalue weighted by molar-refractivity contribution is -0.138. The predicted molar refractivity (Wildman–Crippen MR) is 98.6 cm³/mol. The van der Waals surface area contributed by atoms with Crippen molar-refractivity contribution in [3.05, 3.63) is 29.8 Å². The molecule has 2 aliphatic heterocycles. The zero-order valence-corrected chi connectivity index (χ0v) is 15.6. The molecule has 154 valence electrons. The van der Waals surface area contributed by atoms with Gasteiger partial charge in [-0.1, -0.05) is 6.07 Å². The number of rotatable bonds is 4. The van der Waals surface area contributed by atoms with Crippen LogP contribution in [-0.2, 0) is 15.8 Å². The molecule has 1 aromatic carbocycles. The Hall–Kier alpha value is -2.29. The van der Waals surface area contributed by atoms with Crippen molar-refractivity contribution in [2.24, 2.45) is 11.7 Å². The normalized spacial score (nSPS) is 21.6. The minimum atomic E-state index is -4.36. The van der Waals surface area contributed by atoms with Crippen LogP contribution in [-0.4, -0.2) is 67.4 Å². The van der Waals surface area contributed by atoms with Gasteiger partial charge in [-0.05, 0) is 31.0 Å². The molecule has 2 amide bonds. The standard InChI is InChI=1S/C19H25F3N4O2/c20-19(21,22)15-4-1-5-16(11-15)25-9-7-24(8-10-25)13-17(27)26-6-2-3-14(12-26)18(23)28/h1,4-5,11,14H,2-3,6-10,12-13H2,(H2,23,28). The minimum absolute atomic E-state index is 0.0292. The molecule has 2 aliphatic rings. The summed E-state index contributed by atoms with van der Waals surface area (Å²) in [5.74, 6) is -0.680. The van der Waals surface area contributed by atoms with Crippen LogP contribution in [0.15, 0.2) is 24.3 Å². The van der Waals surface area contributed by atoms with Gasteiger partial charge in [0.2, 0.25) is 11.8 Å². The van der Waals surface area contributed by atoms with Gasteiger partial charge < -0.3 is 15.5 Å². The molecule has 0 aromatic heterocycles. The second kappa shape index (κ2) is 8.38. The number of carbonyl (C=O) groups excluding carboxylic acids is 2. The van der Waals surface area contributed by atoms with E-state index >= 15 is 0 Å². The zero-order chi connectivity index (χ0) is 20.3. The highest BCUT2D eigenvalue weighted by molar-refractivity contribution is 5.81. The van der Waals surface area contributed by atoms with Gasteiger partial charge >= 0.3 is 6.18 Å². The van der Waals surface area contributed by atoms with Gasteiger partial charge in [0, 0.05) is 45.0 Å². The Bertz CT molecular complexity index is 717. The number of benzene rings is 1. The maximum Gasteiger partial charge on any atom is 0.416 e. The first-order valence-electron chi connectivity index (χ1n) is 9.45. The van der Waals surface area contributed by atoms with E-state index in [1.807, 2.05) is 9.80 Å². The average molecular weight is 398 g/mol. The monoisotopic (exact) mass is 398 g/mol. The third-order valence-corrected chi connectivity index (χ3v) is 5.45. The quantitative estimate of drug-likeness (QED) is 0.836. The molecule has 2 N–H and O–H groups in total. The lowest BCUT2D eigenvalue weighted by Gasteiger charge is -2.38. The fourth-order valence-corrected chi connectivity index (χ4v) is 3.77. The zero-order valence-electron chi connectivity index (χ0n) is 15.6. The molecule has 2 fully saturated rings. The molecule has 28 heavy (non-hydrogen) atoms. The van der Waals surface area contributed by atoms with Crippen LogP contribution in [0.4, 0.5) is 18.9 Å². The van der Waals surface area contributed by atoms with Crippen molar-refractivity contribution in [1.82, 2.24) is 9.80 Å². The molecular formula is C19H25F3N4O2. The van der Waals surface area contributed by atoms with E-state index in [9.17, 15) is 22.8 Å². The third-order valence-electron chi connectivity index (χ3n) is 5.45. The summed E-state index contributed by atoms with van der Waals surface area (Å²) in [6.07, 6.45) is -2.88. The van der Waals surface area contributed by atoms with Gasteiger partial charge in [0.1, 0.15) is 0 Å². The van der Waals surface area contributed by atoms with Crippen molar-refractivity contribution >= 4 is 17.5 Å². The molecule has 0 spiro atoms. The van der Waals surface area contributed by atoms with Gasteiger partial charge in [-0.25, -0.2) is 0 Å². The number of primary amides is 1. The Morgan fingerprint density at radius 3 is 2.46 bits per heavy atom. The molecule has 1 unspecified atom stereocenters. The van der Waals surface area contributed by atoms with Crippen LogP contribution in [0.5, 0.6) is 0 Å². The van der Waals surface area contributed by atoms with Crippen LogP contribution in [0.25, 0.3) is 0 Å². The van der Waals surface area contributed by atoms with Crippen molar-refractivity contribution in [2.45, 2.75) is 19.0 Å². The van der Waals surface area contributed by atoms with Crippen molar-refractivity contribution in [2.75, 3.05) is 50.7 Å². The Kier molecular flexibility index (Phi) is 6.12. The number of nitrogens with zero attached hydrogens (tertiary/aromatic N) is 3. The highest BCUT2D eigenvalue weighted by Crippen LogP contribution is 2.31. The van der Waals surface area contributed by atoms with E-state index in [0.717, 1.165) is 18.9 Å². The van der Waals surface area contributed by atoms with Crippen molar-refractivity contribution in [1.29, 1.82) is 0 Å². The smallest absolute Gasteiger partial charge is 0.369 e. The van der Waals surface area contributed by atoms with Crippen LogP contribution in [0, 0.1) is 5.92 Å². The number of hydrogen-bond acceptors (Lipinski definition) is 4. The largest absolute Gasteiger partial charge is 0.416 e. The van der Waals surface area contributed by atoms with Gasteiger partial charge in [0.25, 0.3) is 0 Å². The van der Waals surface area contributed by atoms with Crippen LogP contribution in [0.2, 0.25) is 0 Å². The Morgan fingerprint density at radius 2 is 1.82 bits per heavy atom. The molecular weight excluding hydrogens is 373 g/mol. The number of hydrogen-bond donors (Lipinski definition) is 1. The lowest BCUT2D eigenvalue weighted by Crippen LogP contribution is -2.52. The topological polar surface area (TPSA) is 69.9 Å². The summed E-state index contributed by atoms with van der Waals surface area (Å²) in [5, 5.41) is 0. The second-order valence-corrected chi connectivity index (χ2v) is 7.39. The molecule has 3 rings (SSSR count). The summed E-state index contributed by atoms with van der Waals surface area (Å²) in [4.78, 5) is 29.5. The highest BCUT2D eigenvalue weighted by Gasteiger charge is 2.32. The average Bonchev–Trinajstić information content (AvgIpc) is 2.68. The maximum atomic E-state index is 12.9. The summed E-state index contributed by atoms with van der Waals surface area (Å²) in [6.45, 7) is 3.55. The molecule has 9 heteroatoms. The van der Waals surface area contributed by atoms with E-state index in [4.69, 9.17) is 5.73 Å². The first kappa shape index (κ1) is 20.4. The first-order valence-corrected chi connectivity index (χ1v) is 9.45. The Morgan fingerprint density at radius 1 is 1.11 bits per heavy atom. The number of piperidine rings is 1. The fourth-order valence-electron chi connectivity index (χ4n) is 3.77. The van der Waals surface area contributed by atoms with Crippen molar-refractivity contribution in [3.63, 3.8) is 0 Å². The van der Waals surface area contributed by atoms with Gasteiger partial charge in [0.15, 0.2) is 0 Å². The summed E-state index contributed by atoms with van der Waals surface area (Å²) in [6, 6.07) is 5.32. The summed E-state index contributed by atoms with van der Waals surface area (Å²) >= 11 is 0. The van der Waals surface area contributed by atoms with Crippen LogP contribution >= 0.6 is 0 Å². The van der Waals surface area contributed by atoms with Crippen LogP contribution in [0.3, 0.4) is 0 Å². The molecule has 0 saturated carbocycles.